The van der Waals surface area contributed by atoms with Gasteiger partial charge in [0.25, 0.3) is 0 Å². The van der Waals surface area contributed by atoms with Gasteiger partial charge in [-0.1, -0.05) is 0 Å². The molecule has 166 valence electrons. The van der Waals surface area contributed by atoms with Crippen LogP contribution in [-0.2, 0) is 19.1 Å². The summed E-state index contributed by atoms with van der Waals surface area (Å²) in [6.45, 7) is 4.66. The number of aliphatic carboxylic acids is 1. The number of piperidine rings is 1. The number of amides is 1. The molecule has 0 radical (unpaired) electrons. The first kappa shape index (κ1) is 22.3. The molecule has 10 heteroatoms. The Morgan fingerprint density at radius 2 is 1.66 bits per heavy atom. The zero-order chi connectivity index (χ0) is 21.0. The molecule has 0 bridgehead atoms. The van der Waals surface area contributed by atoms with Crippen LogP contribution in [0.25, 0.3) is 0 Å². The Morgan fingerprint density at radius 3 is 2.24 bits per heavy atom. The molecule has 0 aromatic heterocycles. The van der Waals surface area contributed by atoms with Gasteiger partial charge in [0.1, 0.15) is 0 Å². The summed E-state index contributed by atoms with van der Waals surface area (Å²) in [5.41, 5.74) is 0. The van der Waals surface area contributed by atoms with Gasteiger partial charge in [0.2, 0.25) is 5.91 Å². The average Bonchev–Trinajstić information content (AvgIpc) is 3.51. The summed E-state index contributed by atoms with van der Waals surface area (Å²) in [5, 5.41) is 10.3. The molecule has 0 unspecified atom stereocenters. The molecule has 4 aliphatic rings. The summed E-state index contributed by atoms with van der Waals surface area (Å²) >= 11 is 0. The van der Waals surface area contributed by atoms with Gasteiger partial charge in [0.15, 0.2) is 0 Å². The number of likely N-dealkylation sites (tertiary alicyclic amines) is 1. The number of fused-ring (bicyclic) bond motifs is 1. The van der Waals surface area contributed by atoms with E-state index in [1.807, 2.05) is 0 Å². The van der Waals surface area contributed by atoms with Crippen LogP contribution in [0.1, 0.15) is 38.5 Å². The number of carboxylic acids is 1. The number of ether oxygens (including phenoxy) is 2. The minimum absolute atomic E-state index is 0.155. The highest BCUT2D eigenvalue weighted by molar-refractivity contribution is 5.79. The third-order valence-electron chi connectivity index (χ3n) is 6.11. The number of nitrogens with zero attached hydrogens (tertiary/aromatic N) is 1. The van der Waals surface area contributed by atoms with Crippen molar-refractivity contribution in [1.82, 2.24) is 10.2 Å². The van der Waals surface area contributed by atoms with Gasteiger partial charge in [0, 0.05) is 56.8 Å². The Balaban J connectivity index is 0.000000298. The second-order valence-electron chi connectivity index (χ2n) is 8.18. The molecule has 3 aliphatic heterocycles. The van der Waals surface area contributed by atoms with Crippen LogP contribution in [0.4, 0.5) is 13.2 Å². The van der Waals surface area contributed by atoms with Crippen LogP contribution in [0.5, 0.6) is 0 Å². The van der Waals surface area contributed by atoms with Gasteiger partial charge in [-0.15, -0.1) is 0 Å². The third-order valence-corrected chi connectivity index (χ3v) is 6.11. The number of carboxylic acid groups (broad SMARTS) is 1. The monoisotopic (exact) mass is 422 g/mol. The van der Waals surface area contributed by atoms with Gasteiger partial charge in [-0.2, -0.15) is 13.2 Å². The number of hydrogen-bond donors (Lipinski definition) is 2. The quantitative estimate of drug-likeness (QED) is 0.721. The molecule has 1 aliphatic carbocycles. The fourth-order valence-corrected chi connectivity index (χ4v) is 4.38. The van der Waals surface area contributed by atoms with Crippen molar-refractivity contribution in [3.63, 3.8) is 0 Å². The Labute approximate surface area is 167 Å². The van der Waals surface area contributed by atoms with Crippen LogP contribution < -0.4 is 5.32 Å². The maximum atomic E-state index is 12.6. The van der Waals surface area contributed by atoms with Crippen molar-refractivity contribution in [2.45, 2.75) is 62.9 Å². The molecule has 7 nitrogen and oxygen atoms in total. The van der Waals surface area contributed by atoms with Crippen LogP contribution in [-0.4, -0.2) is 79.2 Å². The SMILES string of the molecule is O=C(NC1CC1)[C@@H]1CCO[C@@H]2CCN(C3CCOCC3)C[C@@H]21.O=C(O)C(F)(F)F. The van der Waals surface area contributed by atoms with E-state index in [1.54, 1.807) is 0 Å². The molecular formula is C19H29F3N2O5. The van der Waals surface area contributed by atoms with E-state index in [1.165, 1.54) is 0 Å². The fourth-order valence-electron chi connectivity index (χ4n) is 4.38. The van der Waals surface area contributed by atoms with Gasteiger partial charge in [-0.05, 0) is 38.5 Å². The van der Waals surface area contributed by atoms with Crippen molar-refractivity contribution in [2.75, 3.05) is 32.9 Å². The van der Waals surface area contributed by atoms with Gasteiger partial charge in [0.05, 0.1) is 6.10 Å². The first-order valence-corrected chi connectivity index (χ1v) is 10.3. The molecule has 0 aromatic carbocycles. The highest BCUT2D eigenvalue weighted by Gasteiger charge is 2.43. The van der Waals surface area contributed by atoms with E-state index in [4.69, 9.17) is 19.4 Å². The zero-order valence-corrected chi connectivity index (χ0v) is 16.3. The first-order chi connectivity index (χ1) is 13.8. The van der Waals surface area contributed by atoms with Crippen LogP contribution in [0, 0.1) is 11.8 Å². The number of hydrogen-bond acceptors (Lipinski definition) is 5. The molecule has 0 spiro atoms. The van der Waals surface area contributed by atoms with Gasteiger partial charge in [-0.3, -0.25) is 9.69 Å². The molecule has 2 N–H and O–H groups in total. The van der Waals surface area contributed by atoms with Crippen molar-refractivity contribution in [3.05, 3.63) is 0 Å². The third kappa shape index (κ3) is 6.29. The minimum Gasteiger partial charge on any atom is -0.475 e. The Bertz CT molecular complexity index is 579. The standard InChI is InChI=1S/C17H28N2O3.C2HF3O2/c20-17(18-12-1-2-12)14-6-10-22-16-3-7-19(11-15(14)16)13-4-8-21-9-5-13;3-2(4,5)1(6)7/h12-16H,1-11H2,(H,18,20);(H,6,7)/t14-,15-,16-;/m1./s1. The van der Waals surface area contributed by atoms with Gasteiger partial charge >= 0.3 is 12.1 Å². The number of halogens is 3. The maximum Gasteiger partial charge on any atom is 0.490 e. The first-order valence-electron chi connectivity index (χ1n) is 10.3. The molecule has 1 amide bonds. The molecule has 4 fully saturated rings. The summed E-state index contributed by atoms with van der Waals surface area (Å²) < 4.78 is 43.2. The van der Waals surface area contributed by atoms with E-state index in [9.17, 15) is 18.0 Å². The van der Waals surface area contributed by atoms with Gasteiger partial charge in [-0.25, -0.2) is 4.79 Å². The summed E-state index contributed by atoms with van der Waals surface area (Å²) in [5.74, 6) is -1.94. The van der Waals surface area contributed by atoms with Crippen molar-refractivity contribution in [3.8, 4) is 0 Å². The van der Waals surface area contributed by atoms with E-state index in [0.717, 1.165) is 71.4 Å². The number of carbonyl (C=O) groups excluding carboxylic acids is 1. The Kier molecular flexibility index (Phi) is 7.39. The Morgan fingerprint density at radius 1 is 1.00 bits per heavy atom. The molecule has 29 heavy (non-hydrogen) atoms. The second kappa shape index (κ2) is 9.61. The molecule has 1 saturated carbocycles. The maximum absolute atomic E-state index is 12.6. The lowest BCUT2D eigenvalue weighted by molar-refractivity contribution is -0.192. The highest BCUT2D eigenvalue weighted by atomic mass is 19.4. The van der Waals surface area contributed by atoms with Crippen LogP contribution in [0.3, 0.4) is 0 Å². The average molecular weight is 422 g/mol. The lowest BCUT2D eigenvalue weighted by atomic mass is 9.78. The van der Waals surface area contributed by atoms with Crippen LogP contribution in [0.2, 0.25) is 0 Å². The van der Waals surface area contributed by atoms with Crippen molar-refractivity contribution in [1.29, 1.82) is 0 Å². The van der Waals surface area contributed by atoms with E-state index < -0.39 is 12.1 Å². The number of nitrogens with one attached hydrogen (secondary N) is 1. The minimum atomic E-state index is -5.08. The smallest absolute Gasteiger partial charge is 0.475 e. The fraction of sp³-hybridized carbons (Fsp3) is 0.895. The summed E-state index contributed by atoms with van der Waals surface area (Å²) in [6.07, 6.45) is 1.78. The largest absolute Gasteiger partial charge is 0.490 e. The molecular weight excluding hydrogens is 393 g/mol. The molecule has 0 aromatic rings. The summed E-state index contributed by atoms with van der Waals surface area (Å²) in [6, 6.07) is 1.10. The molecule has 3 atom stereocenters. The summed E-state index contributed by atoms with van der Waals surface area (Å²) in [4.78, 5) is 24.1. The molecule has 3 saturated heterocycles. The molecule has 4 rings (SSSR count). The highest BCUT2D eigenvalue weighted by Crippen LogP contribution is 2.35. The van der Waals surface area contributed by atoms with Crippen LogP contribution in [0.15, 0.2) is 0 Å². The number of carbonyl (C=O) groups is 2. The normalized spacial score (nSPS) is 31.2. The van der Waals surface area contributed by atoms with E-state index in [0.29, 0.717) is 24.1 Å². The van der Waals surface area contributed by atoms with Crippen molar-refractivity contribution < 1.29 is 37.3 Å². The van der Waals surface area contributed by atoms with E-state index in [-0.39, 0.29) is 11.8 Å². The zero-order valence-electron chi connectivity index (χ0n) is 16.3. The lowest BCUT2D eigenvalue weighted by Gasteiger charge is -2.47. The van der Waals surface area contributed by atoms with E-state index in [2.05, 4.69) is 10.2 Å². The van der Waals surface area contributed by atoms with Crippen LogP contribution >= 0.6 is 0 Å². The Hall–Kier alpha value is -1.39. The van der Waals surface area contributed by atoms with Crippen molar-refractivity contribution >= 4 is 11.9 Å². The predicted octanol–water partition coefficient (Wildman–Crippen LogP) is 1.80. The van der Waals surface area contributed by atoms with Crippen molar-refractivity contribution in [2.24, 2.45) is 11.8 Å². The van der Waals surface area contributed by atoms with Gasteiger partial charge < -0.3 is 19.9 Å². The van der Waals surface area contributed by atoms with E-state index >= 15 is 0 Å². The summed E-state index contributed by atoms with van der Waals surface area (Å²) in [7, 11) is 0. The number of alkyl halides is 3. The lowest BCUT2D eigenvalue weighted by Crippen LogP contribution is -2.56. The predicted molar refractivity (Wildman–Crippen MR) is 96.2 cm³/mol. The second-order valence-corrected chi connectivity index (χ2v) is 8.18. The molecule has 3 heterocycles. The number of rotatable bonds is 3. The topological polar surface area (TPSA) is 88.1 Å².